The third-order valence-corrected chi connectivity index (χ3v) is 3.07. The first-order chi connectivity index (χ1) is 9.42. The standard InChI is InChI=1S/C16H18O4/c1-9(2)14-7-12-6-13(10(3)19-11(4)17)16(18-5)8-15(12)20-14/h6-8,10H,1H2,2-5H3/t10-/m0/s1. The number of fused-ring (bicyclic) bond motifs is 1. The molecule has 0 unspecified atom stereocenters. The van der Waals surface area contributed by atoms with E-state index in [1.165, 1.54) is 6.92 Å². The van der Waals surface area contributed by atoms with Gasteiger partial charge in [-0.3, -0.25) is 4.79 Å². The highest BCUT2D eigenvalue weighted by atomic mass is 16.5. The van der Waals surface area contributed by atoms with Gasteiger partial charge in [-0.1, -0.05) is 6.58 Å². The molecule has 0 bridgehead atoms. The van der Waals surface area contributed by atoms with Gasteiger partial charge in [0.25, 0.3) is 0 Å². The van der Waals surface area contributed by atoms with Crippen LogP contribution in [-0.2, 0) is 9.53 Å². The van der Waals surface area contributed by atoms with Gasteiger partial charge in [-0.05, 0) is 31.6 Å². The van der Waals surface area contributed by atoms with Crippen molar-refractivity contribution in [1.82, 2.24) is 0 Å². The molecule has 2 aromatic rings. The number of carbonyl (C=O) groups excluding carboxylic acids is 1. The third-order valence-electron chi connectivity index (χ3n) is 3.07. The molecule has 1 atom stereocenters. The summed E-state index contributed by atoms with van der Waals surface area (Å²) in [4.78, 5) is 11.1. The number of furan rings is 1. The minimum Gasteiger partial charge on any atom is -0.496 e. The molecule has 0 fully saturated rings. The van der Waals surface area contributed by atoms with Crippen molar-refractivity contribution in [2.45, 2.75) is 26.9 Å². The van der Waals surface area contributed by atoms with Gasteiger partial charge in [0.15, 0.2) is 0 Å². The van der Waals surface area contributed by atoms with Crippen molar-refractivity contribution < 1.29 is 18.7 Å². The molecule has 1 aromatic heterocycles. The number of allylic oxidation sites excluding steroid dienone is 1. The maximum absolute atomic E-state index is 11.1. The molecule has 0 N–H and O–H groups in total. The van der Waals surface area contributed by atoms with Gasteiger partial charge in [-0.2, -0.15) is 0 Å². The smallest absolute Gasteiger partial charge is 0.303 e. The second-order valence-corrected chi connectivity index (χ2v) is 4.77. The van der Waals surface area contributed by atoms with Crippen LogP contribution in [0, 0.1) is 0 Å². The molecule has 0 radical (unpaired) electrons. The lowest BCUT2D eigenvalue weighted by molar-refractivity contribution is -0.145. The first-order valence-electron chi connectivity index (χ1n) is 6.37. The fraction of sp³-hybridized carbons (Fsp3) is 0.312. The molecule has 1 heterocycles. The summed E-state index contributed by atoms with van der Waals surface area (Å²) in [5, 5.41) is 0.929. The number of benzene rings is 1. The average Bonchev–Trinajstić information content (AvgIpc) is 2.79. The average molecular weight is 274 g/mol. The molecule has 20 heavy (non-hydrogen) atoms. The topological polar surface area (TPSA) is 48.7 Å². The molecule has 0 saturated heterocycles. The number of rotatable bonds is 4. The van der Waals surface area contributed by atoms with Crippen LogP contribution < -0.4 is 4.74 Å². The van der Waals surface area contributed by atoms with E-state index in [1.54, 1.807) is 13.2 Å². The van der Waals surface area contributed by atoms with Gasteiger partial charge in [-0.15, -0.1) is 0 Å². The van der Waals surface area contributed by atoms with Crippen LogP contribution in [0.1, 0.15) is 38.2 Å². The lowest BCUT2D eigenvalue weighted by Gasteiger charge is -2.15. The summed E-state index contributed by atoms with van der Waals surface area (Å²) in [6.07, 6.45) is -0.380. The van der Waals surface area contributed by atoms with Gasteiger partial charge in [0.05, 0.1) is 7.11 Å². The molecule has 2 rings (SSSR count). The molecule has 0 amide bonds. The number of hydrogen-bond donors (Lipinski definition) is 0. The normalized spacial score (nSPS) is 12.2. The molecule has 106 valence electrons. The van der Waals surface area contributed by atoms with Crippen molar-refractivity contribution in [3.05, 3.63) is 36.1 Å². The fourth-order valence-corrected chi connectivity index (χ4v) is 2.10. The van der Waals surface area contributed by atoms with Gasteiger partial charge in [0.2, 0.25) is 0 Å². The molecule has 0 aliphatic carbocycles. The van der Waals surface area contributed by atoms with E-state index in [0.29, 0.717) is 5.75 Å². The van der Waals surface area contributed by atoms with Crippen molar-refractivity contribution in [3.63, 3.8) is 0 Å². The first kappa shape index (κ1) is 14.2. The summed E-state index contributed by atoms with van der Waals surface area (Å²) in [7, 11) is 1.58. The molecule has 0 spiro atoms. The van der Waals surface area contributed by atoms with Crippen LogP contribution in [-0.4, -0.2) is 13.1 Å². The van der Waals surface area contributed by atoms with E-state index in [-0.39, 0.29) is 12.1 Å². The summed E-state index contributed by atoms with van der Waals surface area (Å²) in [6.45, 7) is 8.95. The summed E-state index contributed by atoms with van der Waals surface area (Å²) >= 11 is 0. The van der Waals surface area contributed by atoms with Crippen molar-refractivity contribution in [2.75, 3.05) is 7.11 Å². The molecule has 4 heteroatoms. The highest BCUT2D eigenvalue weighted by Gasteiger charge is 2.17. The quantitative estimate of drug-likeness (QED) is 0.787. The summed E-state index contributed by atoms with van der Waals surface area (Å²) < 4.78 is 16.3. The number of methoxy groups -OCH3 is 1. The Morgan fingerprint density at radius 3 is 2.55 bits per heavy atom. The van der Waals surface area contributed by atoms with E-state index in [4.69, 9.17) is 13.9 Å². The van der Waals surface area contributed by atoms with E-state index in [0.717, 1.165) is 27.9 Å². The molecule has 0 aliphatic rings. The molecule has 0 aliphatic heterocycles. The van der Waals surface area contributed by atoms with Crippen LogP contribution in [0.4, 0.5) is 0 Å². The summed E-state index contributed by atoms with van der Waals surface area (Å²) in [6, 6.07) is 5.63. The summed E-state index contributed by atoms with van der Waals surface area (Å²) in [5.74, 6) is 1.04. The second kappa shape index (κ2) is 5.41. The first-order valence-corrected chi connectivity index (χ1v) is 6.37. The van der Waals surface area contributed by atoms with Gasteiger partial charge in [0, 0.05) is 23.9 Å². The van der Waals surface area contributed by atoms with Crippen LogP contribution >= 0.6 is 0 Å². The number of ether oxygens (including phenoxy) is 2. The largest absolute Gasteiger partial charge is 0.496 e. The Balaban J connectivity index is 2.53. The molecule has 0 saturated carbocycles. The predicted molar refractivity (Wildman–Crippen MR) is 77.7 cm³/mol. The Labute approximate surface area is 118 Å². The number of hydrogen-bond acceptors (Lipinski definition) is 4. The van der Waals surface area contributed by atoms with Gasteiger partial charge in [0.1, 0.15) is 23.2 Å². The monoisotopic (exact) mass is 274 g/mol. The lowest BCUT2D eigenvalue weighted by Crippen LogP contribution is -2.06. The van der Waals surface area contributed by atoms with Gasteiger partial charge >= 0.3 is 5.97 Å². The van der Waals surface area contributed by atoms with Crippen LogP contribution in [0.25, 0.3) is 16.5 Å². The highest BCUT2D eigenvalue weighted by molar-refractivity contribution is 5.84. The lowest BCUT2D eigenvalue weighted by atomic mass is 10.1. The summed E-state index contributed by atoms with van der Waals surface area (Å²) in [5.41, 5.74) is 2.39. The Morgan fingerprint density at radius 2 is 2.00 bits per heavy atom. The fourth-order valence-electron chi connectivity index (χ4n) is 2.10. The van der Waals surface area contributed by atoms with E-state index in [2.05, 4.69) is 6.58 Å². The third kappa shape index (κ3) is 2.69. The van der Waals surface area contributed by atoms with Gasteiger partial charge in [-0.25, -0.2) is 0 Å². The number of esters is 1. The SMILES string of the molecule is C=C(C)c1cc2cc([C@H](C)OC(C)=O)c(OC)cc2o1. The van der Waals surface area contributed by atoms with Crippen LogP contribution in [0.2, 0.25) is 0 Å². The zero-order valence-electron chi connectivity index (χ0n) is 12.1. The Morgan fingerprint density at radius 1 is 1.30 bits per heavy atom. The molecular formula is C16H18O4. The highest BCUT2D eigenvalue weighted by Crippen LogP contribution is 2.34. The van der Waals surface area contributed by atoms with E-state index >= 15 is 0 Å². The zero-order valence-corrected chi connectivity index (χ0v) is 12.1. The van der Waals surface area contributed by atoms with E-state index in [9.17, 15) is 4.79 Å². The van der Waals surface area contributed by atoms with Crippen LogP contribution in [0.3, 0.4) is 0 Å². The molecule has 1 aromatic carbocycles. The Kier molecular flexibility index (Phi) is 3.84. The number of carbonyl (C=O) groups is 1. The van der Waals surface area contributed by atoms with E-state index in [1.807, 2.05) is 26.0 Å². The van der Waals surface area contributed by atoms with Crippen LogP contribution in [0.5, 0.6) is 5.75 Å². The van der Waals surface area contributed by atoms with Crippen molar-refractivity contribution in [1.29, 1.82) is 0 Å². The van der Waals surface area contributed by atoms with Crippen molar-refractivity contribution >= 4 is 22.5 Å². The van der Waals surface area contributed by atoms with Crippen molar-refractivity contribution in [2.24, 2.45) is 0 Å². The van der Waals surface area contributed by atoms with Crippen molar-refractivity contribution in [3.8, 4) is 5.75 Å². The maximum Gasteiger partial charge on any atom is 0.303 e. The molecular weight excluding hydrogens is 256 g/mol. The zero-order chi connectivity index (χ0) is 14.9. The van der Waals surface area contributed by atoms with E-state index < -0.39 is 0 Å². The minimum absolute atomic E-state index is 0.325. The maximum atomic E-state index is 11.1. The van der Waals surface area contributed by atoms with Crippen LogP contribution in [0.15, 0.2) is 29.2 Å². The van der Waals surface area contributed by atoms with Gasteiger partial charge < -0.3 is 13.9 Å². The predicted octanol–water partition coefficient (Wildman–Crippen LogP) is 4.10. The molecule has 4 nitrogen and oxygen atoms in total. The Hall–Kier alpha value is -2.23. The second-order valence-electron chi connectivity index (χ2n) is 4.77. The Bertz CT molecular complexity index is 666. The minimum atomic E-state index is -0.380.